The highest BCUT2D eigenvalue weighted by atomic mass is 32.2. The van der Waals surface area contributed by atoms with E-state index in [0.29, 0.717) is 27.7 Å². The molecule has 6 nitrogen and oxygen atoms in total. The summed E-state index contributed by atoms with van der Waals surface area (Å²) in [5.41, 5.74) is 4.39. The average molecular weight is 466 g/mol. The summed E-state index contributed by atoms with van der Waals surface area (Å²) in [6.45, 7) is 4.55. The highest BCUT2D eigenvalue weighted by molar-refractivity contribution is 7.99. The van der Waals surface area contributed by atoms with Crippen LogP contribution in [0.2, 0.25) is 0 Å². The van der Waals surface area contributed by atoms with Crippen LogP contribution in [-0.4, -0.2) is 27.8 Å². The maximum atomic E-state index is 12.9. The maximum absolute atomic E-state index is 12.9. The number of hydrogen-bond donors (Lipinski definition) is 1. The molecule has 0 atom stereocenters. The van der Waals surface area contributed by atoms with Gasteiger partial charge in [-0.1, -0.05) is 41.6 Å². The van der Waals surface area contributed by atoms with Gasteiger partial charge in [-0.15, -0.1) is 11.3 Å². The van der Waals surface area contributed by atoms with E-state index in [9.17, 15) is 9.59 Å². The molecule has 8 heteroatoms. The first kappa shape index (κ1) is 22.1. The molecule has 1 amide bonds. The largest absolute Gasteiger partial charge is 0.494 e. The Morgan fingerprint density at radius 1 is 1.16 bits per heavy atom. The topological polar surface area (TPSA) is 73.2 Å². The van der Waals surface area contributed by atoms with Crippen molar-refractivity contribution in [3.8, 4) is 16.9 Å². The number of anilines is 1. The third kappa shape index (κ3) is 4.71. The number of benzene rings is 2. The van der Waals surface area contributed by atoms with Crippen LogP contribution in [0, 0.1) is 6.92 Å². The minimum atomic E-state index is -0.169. The van der Waals surface area contributed by atoms with Crippen LogP contribution in [-0.2, 0) is 11.8 Å². The van der Waals surface area contributed by atoms with Crippen molar-refractivity contribution in [3.05, 3.63) is 69.8 Å². The number of aromatic nitrogens is 2. The minimum Gasteiger partial charge on any atom is -0.494 e. The van der Waals surface area contributed by atoms with E-state index in [1.807, 2.05) is 55.6 Å². The Kier molecular flexibility index (Phi) is 6.62. The number of hydrogen-bond acceptors (Lipinski definition) is 6. The highest BCUT2D eigenvalue weighted by Gasteiger charge is 2.16. The summed E-state index contributed by atoms with van der Waals surface area (Å²) in [4.78, 5) is 30.1. The van der Waals surface area contributed by atoms with Gasteiger partial charge in [0.05, 0.1) is 17.9 Å². The third-order valence-electron chi connectivity index (χ3n) is 4.90. The molecular formula is C24H23N3O3S2. The summed E-state index contributed by atoms with van der Waals surface area (Å²) in [7, 11) is 1.69. The first-order valence-electron chi connectivity index (χ1n) is 10.2. The van der Waals surface area contributed by atoms with Gasteiger partial charge in [0.1, 0.15) is 10.4 Å². The quantitative estimate of drug-likeness (QED) is 0.304. The number of thioether (sulfide) groups is 1. The fourth-order valence-electron chi connectivity index (χ4n) is 3.22. The molecule has 0 aliphatic rings. The lowest BCUT2D eigenvalue weighted by Gasteiger charge is -2.09. The zero-order chi connectivity index (χ0) is 22.7. The van der Waals surface area contributed by atoms with E-state index < -0.39 is 0 Å². The monoisotopic (exact) mass is 465 g/mol. The van der Waals surface area contributed by atoms with Crippen molar-refractivity contribution in [2.45, 2.75) is 19.0 Å². The maximum Gasteiger partial charge on any atom is 0.271 e. The van der Waals surface area contributed by atoms with Crippen molar-refractivity contribution in [3.63, 3.8) is 0 Å². The number of carbonyl (C=O) groups is 1. The number of nitrogens with zero attached hydrogens (tertiary/aromatic N) is 2. The molecule has 0 aliphatic carbocycles. The molecule has 0 radical (unpaired) electrons. The summed E-state index contributed by atoms with van der Waals surface area (Å²) in [5, 5.41) is 5.34. The second-order valence-electron chi connectivity index (χ2n) is 7.25. The number of rotatable bonds is 7. The summed E-state index contributed by atoms with van der Waals surface area (Å²) < 4.78 is 7.54. The predicted octanol–water partition coefficient (Wildman–Crippen LogP) is 5.10. The number of nitrogens with one attached hydrogen (secondary N) is 1. The lowest BCUT2D eigenvalue weighted by atomic mass is 10.1. The molecule has 1 N–H and O–H groups in total. The molecule has 0 spiro atoms. The molecule has 32 heavy (non-hydrogen) atoms. The molecule has 4 rings (SSSR count). The van der Waals surface area contributed by atoms with Crippen LogP contribution in [0.5, 0.6) is 5.75 Å². The van der Waals surface area contributed by atoms with E-state index in [-0.39, 0.29) is 17.2 Å². The molecule has 164 valence electrons. The van der Waals surface area contributed by atoms with Gasteiger partial charge >= 0.3 is 0 Å². The average Bonchev–Trinajstić information content (AvgIpc) is 3.21. The lowest BCUT2D eigenvalue weighted by Crippen LogP contribution is -2.20. The Hall–Kier alpha value is -3.10. The van der Waals surface area contributed by atoms with Gasteiger partial charge in [-0.25, -0.2) is 4.98 Å². The first-order chi connectivity index (χ1) is 15.5. The lowest BCUT2D eigenvalue weighted by molar-refractivity contribution is -0.113. The van der Waals surface area contributed by atoms with Crippen molar-refractivity contribution in [1.82, 2.24) is 9.55 Å². The van der Waals surface area contributed by atoms with Crippen LogP contribution in [0.3, 0.4) is 0 Å². The standard InChI is InChI=1S/C24H23N3O3S2/c1-4-30-18-11-9-17(10-12-18)25-20(28)14-32-24-26-21-19(16-7-5-15(2)6-8-16)13-31-22(21)23(29)27(24)3/h5-13H,4,14H2,1-3H3,(H,25,28). The Balaban J connectivity index is 1.53. The fraction of sp³-hybridized carbons (Fsp3) is 0.208. The van der Waals surface area contributed by atoms with Crippen molar-refractivity contribution in [2.24, 2.45) is 7.05 Å². The number of fused-ring (bicyclic) bond motifs is 1. The van der Waals surface area contributed by atoms with Crippen molar-refractivity contribution in [2.75, 3.05) is 17.7 Å². The van der Waals surface area contributed by atoms with Gasteiger partial charge in [0.25, 0.3) is 5.56 Å². The Morgan fingerprint density at radius 2 is 1.88 bits per heavy atom. The second-order valence-corrected chi connectivity index (χ2v) is 9.07. The smallest absolute Gasteiger partial charge is 0.271 e. The SMILES string of the molecule is CCOc1ccc(NC(=O)CSc2nc3c(-c4ccc(C)cc4)csc3c(=O)n2C)cc1. The first-order valence-corrected chi connectivity index (χ1v) is 12.0. The number of aryl methyl sites for hydroxylation is 1. The fourth-order valence-corrected chi connectivity index (χ4v) is 4.97. The van der Waals surface area contributed by atoms with Crippen LogP contribution in [0.1, 0.15) is 12.5 Å². The molecule has 0 aliphatic heterocycles. The van der Waals surface area contributed by atoms with Crippen molar-refractivity contribution >= 4 is 44.9 Å². The van der Waals surface area contributed by atoms with Crippen LogP contribution >= 0.6 is 23.1 Å². The predicted molar refractivity (Wildman–Crippen MR) is 132 cm³/mol. The van der Waals surface area contributed by atoms with E-state index in [4.69, 9.17) is 9.72 Å². The number of carbonyl (C=O) groups excluding carboxylic acids is 1. The van der Waals surface area contributed by atoms with Gasteiger partial charge in [0.15, 0.2) is 5.16 Å². The molecule has 4 aromatic rings. The molecular weight excluding hydrogens is 442 g/mol. The van der Waals surface area contributed by atoms with Crippen molar-refractivity contribution in [1.29, 1.82) is 0 Å². The number of amides is 1. The van der Waals surface area contributed by atoms with E-state index in [2.05, 4.69) is 5.32 Å². The number of ether oxygens (including phenoxy) is 1. The Morgan fingerprint density at radius 3 is 2.56 bits per heavy atom. The van der Waals surface area contributed by atoms with Gasteiger partial charge in [-0.2, -0.15) is 0 Å². The van der Waals surface area contributed by atoms with Crippen molar-refractivity contribution < 1.29 is 9.53 Å². The van der Waals surface area contributed by atoms with Crippen LogP contribution in [0.25, 0.3) is 21.3 Å². The van der Waals surface area contributed by atoms with Gasteiger partial charge in [-0.3, -0.25) is 14.2 Å². The van der Waals surface area contributed by atoms with E-state index in [1.54, 1.807) is 19.2 Å². The van der Waals surface area contributed by atoms with Gasteiger partial charge in [-0.05, 0) is 43.7 Å². The molecule has 0 fully saturated rings. The summed E-state index contributed by atoms with van der Waals surface area (Å²) >= 11 is 2.64. The molecule has 0 bridgehead atoms. The third-order valence-corrected chi connectivity index (χ3v) is 6.89. The van der Waals surface area contributed by atoms with Crippen LogP contribution in [0.15, 0.2) is 63.9 Å². The summed E-state index contributed by atoms with van der Waals surface area (Å²) in [6, 6.07) is 15.4. The molecule has 2 heterocycles. The zero-order valence-electron chi connectivity index (χ0n) is 18.0. The molecule has 2 aromatic heterocycles. The zero-order valence-corrected chi connectivity index (χ0v) is 19.7. The second kappa shape index (κ2) is 9.58. The highest BCUT2D eigenvalue weighted by Crippen LogP contribution is 2.32. The van der Waals surface area contributed by atoms with E-state index in [1.165, 1.54) is 33.2 Å². The molecule has 0 unspecified atom stereocenters. The van der Waals surface area contributed by atoms with Crippen LogP contribution in [0.4, 0.5) is 5.69 Å². The van der Waals surface area contributed by atoms with Crippen LogP contribution < -0.4 is 15.6 Å². The van der Waals surface area contributed by atoms with E-state index in [0.717, 1.165) is 16.9 Å². The van der Waals surface area contributed by atoms with Gasteiger partial charge in [0, 0.05) is 23.7 Å². The van der Waals surface area contributed by atoms with E-state index >= 15 is 0 Å². The normalized spacial score (nSPS) is 11.0. The molecule has 0 saturated heterocycles. The van der Waals surface area contributed by atoms with Gasteiger partial charge in [0.2, 0.25) is 5.91 Å². The molecule has 2 aromatic carbocycles. The summed E-state index contributed by atoms with van der Waals surface area (Å²) in [5.74, 6) is 0.730. The number of thiophene rings is 1. The minimum absolute atomic E-state index is 0.104. The Bertz CT molecular complexity index is 1310. The molecule has 0 saturated carbocycles. The van der Waals surface area contributed by atoms with Gasteiger partial charge < -0.3 is 10.1 Å². The Labute approximate surface area is 194 Å². The summed E-state index contributed by atoms with van der Waals surface area (Å²) in [6.07, 6.45) is 0.